The molecule has 1 N–H and O–H groups in total. The summed E-state index contributed by atoms with van der Waals surface area (Å²) < 4.78 is 0. The molecule has 0 radical (unpaired) electrons. The largest absolute Gasteiger partial charge is 0.273 e. The van der Waals surface area contributed by atoms with Gasteiger partial charge in [-0.25, -0.2) is 5.43 Å². The number of rotatable bonds is 7. The molecule has 0 aliphatic rings. The zero-order valence-electron chi connectivity index (χ0n) is 10.4. The lowest BCUT2D eigenvalue weighted by Crippen LogP contribution is -2.19. The van der Waals surface area contributed by atoms with E-state index in [0.29, 0.717) is 6.42 Å². The van der Waals surface area contributed by atoms with Crippen LogP contribution in [0.3, 0.4) is 0 Å². The van der Waals surface area contributed by atoms with E-state index < -0.39 is 0 Å². The number of hydrogen-bond donors (Lipinski definition) is 1. The van der Waals surface area contributed by atoms with Crippen molar-refractivity contribution in [3.8, 4) is 0 Å². The molecule has 3 nitrogen and oxygen atoms in total. The van der Waals surface area contributed by atoms with Crippen LogP contribution in [0.4, 0.5) is 0 Å². The average molecular weight is 232 g/mol. The van der Waals surface area contributed by atoms with E-state index in [1.165, 1.54) is 12.8 Å². The Labute approximate surface area is 103 Å². The smallest absolute Gasteiger partial charge is 0.244 e. The molecule has 1 rings (SSSR count). The number of nitrogens with zero attached hydrogens (tertiary/aromatic N) is 1. The van der Waals surface area contributed by atoms with Crippen LogP contribution in [-0.2, 0) is 11.2 Å². The van der Waals surface area contributed by atoms with Crippen LogP contribution in [0.15, 0.2) is 35.4 Å². The van der Waals surface area contributed by atoms with Gasteiger partial charge in [-0.05, 0) is 18.4 Å². The molecule has 0 aromatic heterocycles. The number of hydrazone groups is 1. The van der Waals surface area contributed by atoms with Crippen LogP contribution in [0, 0.1) is 0 Å². The Balaban J connectivity index is 2.17. The fourth-order valence-electron chi connectivity index (χ4n) is 1.49. The second-order valence-electron chi connectivity index (χ2n) is 4.00. The fourth-order valence-corrected chi connectivity index (χ4v) is 1.49. The maximum absolute atomic E-state index is 11.5. The van der Waals surface area contributed by atoms with Crippen molar-refractivity contribution >= 4 is 12.1 Å². The van der Waals surface area contributed by atoms with Gasteiger partial charge >= 0.3 is 0 Å². The molecule has 3 heteroatoms. The molecule has 1 amide bonds. The van der Waals surface area contributed by atoms with Gasteiger partial charge in [0.2, 0.25) is 5.91 Å². The molecule has 0 aliphatic heterocycles. The van der Waals surface area contributed by atoms with Crippen LogP contribution in [0.5, 0.6) is 0 Å². The first kappa shape index (κ1) is 13.4. The normalized spacial score (nSPS) is 10.6. The zero-order chi connectivity index (χ0) is 12.3. The molecule has 0 heterocycles. The highest BCUT2D eigenvalue weighted by Crippen LogP contribution is 1.99. The lowest BCUT2D eigenvalue weighted by Gasteiger charge is -1.99. The lowest BCUT2D eigenvalue weighted by atomic mass is 10.1. The molecule has 92 valence electrons. The summed E-state index contributed by atoms with van der Waals surface area (Å²) in [4.78, 5) is 11.5. The first-order valence-corrected chi connectivity index (χ1v) is 6.17. The van der Waals surface area contributed by atoms with E-state index in [0.717, 1.165) is 18.4 Å². The molecule has 0 aliphatic carbocycles. The quantitative estimate of drug-likeness (QED) is 0.438. The second kappa shape index (κ2) is 8.50. The Hall–Kier alpha value is -1.64. The maximum atomic E-state index is 11.5. The third kappa shape index (κ3) is 6.51. The van der Waals surface area contributed by atoms with Crippen LogP contribution in [0.25, 0.3) is 0 Å². The van der Waals surface area contributed by atoms with E-state index in [1.54, 1.807) is 6.21 Å². The average Bonchev–Trinajstić information content (AvgIpc) is 2.35. The van der Waals surface area contributed by atoms with E-state index in [-0.39, 0.29) is 5.91 Å². The van der Waals surface area contributed by atoms with Crippen molar-refractivity contribution in [2.75, 3.05) is 0 Å². The summed E-state index contributed by atoms with van der Waals surface area (Å²) in [7, 11) is 0. The zero-order valence-corrected chi connectivity index (χ0v) is 10.4. The van der Waals surface area contributed by atoms with Crippen molar-refractivity contribution in [2.24, 2.45) is 5.10 Å². The van der Waals surface area contributed by atoms with Crippen molar-refractivity contribution in [2.45, 2.75) is 39.0 Å². The molecule has 0 atom stereocenters. The summed E-state index contributed by atoms with van der Waals surface area (Å²) in [6, 6.07) is 9.66. The topological polar surface area (TPSA) is 41.5 Å². The predicted octanol–water partition coefficient (Wildman–Crippen LogP) is 2.91. The van der Waals surface area contributed by atoms with E-state index >= 15 is 0 Å². The van der Waals surface area contributed by atoms with Crippen LogP contribution in [-0.4, -0.2) is 12.1 Å². The van der Waals surface area contributed by atoms with E-state index in [2.05, 4.69) is 17.5 Å². The van der Waals surface area contributed by atoms with Crippen LogP contribution in [0.2, 0.25) is 0 Å². The van der Waals surface area contributed by atoms with Crippen LogP contribution in [0.1, 0.15) is 38.2 Å². The number of unbranched alkanes of at least 4 members (excludes halogenated alkanes) is 3. The number of carbonyl (C=O) groups excluding carboxylic acids is 1. The number of amides is 1. The fraction of sp³-hybridized carbons (Fsp3) is 0.429. The molecule has 0 unspecified atom stereocenters. The van der Waals surface area contributed by atoms with Crippen molar-refractivity contribution in [1.29, 1.82) is 0 Å². The number of hydrogen-bond acceptors (Lipinski definition) is 2. The molecule has 0 bridgehead atoms. The molecule has 1 aromatic rings. The minimum absolute atomic E-state index is 0.0667. The summed E-state index contributed by atoms with van der Waals surface area (Å²) in [5.74, 6) is -0.0667. The Morgan fingerprint density at radius 1 is 1.29 bits per heavy atom. The van der Waals surface area contributed by atoms with E-state index in [4.69, 9.17) is 0 Å². The Bertz CT molecular complexity index is 346. The van der Waals surface area contributed by atoms with Gasteiger partial charge in [0.1, 0.15) is 0 Å². The summed E-state index contributed by atoms with van der Waals surface area (Å²) in [6.45, 7) is 2.17. The Kier molecular flexibility index (Phi) is 6.72. The molecule has 1 aromatic carbocycles. The highest BCUT2D eigenvalue weighted by Gasteiger charge is 2.00. The third-order valence-electron chi connectivity index (χ3n) is 2.42. The molecular weight excluding hydrogens is 212 g/mol. The monoisotopic (exact) mass is 232 g/mol. The molecule has 0 spiro atoms. The van der Waals surface area contributed by atoms with Crippen molar-refractivity contribution in [3.05, 3.63) is 35.9 Å². The maximum Gasteiger partial charge on any atom is 0.244 e. The summed E-state index contributed by atoms with van der Waals surface area (Å²) in [5.41, 5.74) is 3.54. The molecule has 0 saturated carbocycles. The van der Waals surface area contributed by atoms with Gasteiger partial charge in [0.15, 0.2) is 0 Å². The molecular formula is C14H20N2O. The number of carbonyl (C=O) groups is 1. The number of benzene rings is 1. The van der Waals surface area contributed by atoms with Gasteiger partial charge in [-0.1, -0.05) is 50.1 Å². The summed E-state index contributed by atoms with van der Waals surface area (Å²) >= 11 is 0. The van der Waals surface area contributed by atoms with Crippen molar-refractivity contribution < 1.29 is 4.79 Å². The van der Waals surface area contributed by atoms with E-state index in [1.807, 2.05) is 30.3 Å². The summed E-state index contributed by atoms with van der Waals surface area (Å²) in [5, 5.41) is 3.91. The van der Waals surface area contributed by atoms with Crippen LogP contribution < -0.4 is 5.43 Å². The minimum Gasteiger partial charge on any atom is -0.273 e. The number of nitrogens with one attached hydrogen (secondary N) is 1. The molecule has 0 fully saturated rings. The highest BCUT2D eigenvalue weighted by atomic mass is 16.2. The van der Waals surface area contributed by atoms with Gasteiger partial charge in [0.05, 0.1) is 6.42 Å². The van der Waals surface area contributed by atoms with Gasteiger partial charge in [0, 0.05) is 6.21 Å². The molecule has 17 heavy (non-hydrogen) atoms. The SMILES string of the molecule is CCCCCC=NNC(=O)Cc1ccccc1. The van der Waals surface area contributed by atoms with Gasteiger partial charge < -0.3 is 0 Å². The lowest BCUT2D eigenvalue weighted by molar-refractivity contribution is -0.120. The second-order valence-corrected chi connectivity index (χ2v) is 4.00. The minimum atomic E-state index is -0.0667. The van der Waals surface area contributed by atoms with Gasteiger partial charge in [-0.3, -0.25) is 4.79 Å². The van der Waals surface area contributed by atoms with Gasteiger partial charge in [0.25, 0.3) is 0 Å². The third-order valence-corrected chi connectivity index (χ3v) is 2.42. The summed E-state index contributed by atoms with van der Waals surface area (Å²) in [6.07, 6.45) is 6.64. The first-order valence-electron chi connectivity index (χ1n) is 6.17. The predicted molar refractivity (Wildman–Crippen MR) is 70.9 cm³/mol. The standard InChI is InChI=1S/C14H20N2O/c1-2-3-4-8-11-15-16-14(17)12-13-9-6-5-7-10-13/h5-7,9-11H,2-4,8,12H2,1H3,(H,16,17). The van der Waals surface area contributed by atoms with Crippen molar-refractivity contribution in [3.63, 3.8) is 0 Å². The van der Waals surface area contributed by atoms with Crippen molar-refractivity contribution in [1.82, 2.24) is 5.43 Å². The molecule has 0 saturated heterocycles. The Morgan fingerprint density at radius 2 is 2.06 bits per heavy atom. The highest BCUT2D eigenvalue weighted by molar-refractivity contribution is 5.79. The van der Waals surface area contributed by atoms with Gasteiger partial charge in [-0.15, -0.1) is 0 Å². The first-order chi connectivity index (χ1) is 8.33. The van der Waals surface area contributed by atoms with Crippen LogP contribution >= 0.6 is 0 Å². The Morgan fingerprint density at radius 3 is 2.76 bits per heavy atom. The van der Waals surface area contributed by atoms with Gasteiger partial charge in [-0.2, -0.15) is 5.10 Å². The van der Waals surface area contributed by atoms with E-state index in [9.17, 15) is 4.79 Å².